The SMILES string of the molecule is CC(C)(C)S(=O)N[C@H](Cc1ccccc1[N+](=O)[O-])c1ccc([N+](=O)[O-])cc1. The Balaban J connectivity index is 2.39. The number of para-hydroxylation sites is 1. The molecule has 0 saturated heterocycles. The van der Waals surface area contributed by atoms with Gasteiger partial charge in [0.1, 0.15) is 0 Å². The van der Waals surface area contributed by atoms with Gasteiger partial charge in [0.05, 0.1) is 25.6 Å². The lowest BCUT2D eigenvalue weighted by Gasteiger charge is -2.24. The van der Waals surface area contributed by atoms with Crippen molar-refractivity contribution in [2.45, 2.75) is 38.0 Å². The summed E-state index contributed by atoms with van der Waals surface area (Å²) in [6.45, 7) is 5.44. The maximum atomic E-state index is 12.6. The Bertz CT molecular complexity index is 862. The first-order chi connectivity index (χ1) is 12.6. The third-order valence-corrected chi connectivity index (χ3v) is 5.54. The highest BCUT2D eigenvalue weighted by Gasteiger charge is 2.26. The summed E-state index contributed by atoms with van der Waals surface area (Å²) in [5.41, 5.74) is 1.08. The lowest BCUT2D eigenvalue weighted by molar-refractivity contribution is -0.385. The van der Waals surface area contributed by atoms with Gasteiger partial charge in [-0.25, -0.2) is 8.93 Å². The van der Waals surface area contributed by atoms with E-state index in [1.807, 2.05) is 20.8 Å². The molecular formula is C18H21N3O5S. The fraction of sp³-hybridized carbons (Fsp3) is 0.333. The van der Waals surface area contributed by atoms with Crippen molar-refractivity contribution in [2.24, 2.45) is 0 Å². The van der Waals surface area contributed by atoms with Gasteiger partial charge in [0, 0.05) is 29.8 Å². The van der Waals surface area contributed by atoms with E-state index in [4.69, 9.17) is 0 Å². The monoisotopic (exact) mass is 391 g/mol. The van der Waals surface area contributed by atoms with E-state index in [1.165, 1.54) is 18.2 Å². The second-order valence-corrected chi connectivity index (χ2v) is 8.99. The Morgan fingerprint density at radius 3 is 2.11 bits per heavy atom. The summed E-state index contributed by atoms with van der Waals surface area (Å²) in [7, 11) is -1.43. The molecule has 0 radical (unpaired) electrons. The van der Waals surface area contributed by atoms with Gasteiger partial charge in [-0.15, -0.1) is 0 Å². The van der Waals surface area contributed by atoms with E-state index in [0.717, 1.165) is 0 Å². The third-order valence-electron chi connectivity index (χ3n) is 3.92. The van der Waals surface area contributed by atoms with Crippen LogP contribution in [0.3, 0.4) is 0 Å². The minimum absolute atomic E-state index is 0.0206. The van der Waals surface area contributed by atoms with Gasteiger partial charge in [0.2, 0.25) is 0 Å². The molecule has 1 unspecified atom stereocenters. The van der Waals surface area contributed by atoms with Crippen LogP contribution in [0.1, 0.15) is 37.9 Å². The minimum Gasteiger partial charge on any atom is -0.258 e. The quantitative estimate of drug-likeness (QED) is 0.569. The summed E-state index contributed by atoms with van der Waals surface area (Å²) < 4.78 is 15.1. The number of nitro benzene ring substituents is 2. The molecule has 27 heavy (non-hydrogen) atoms. The highest BCUT2D eigenvalue weighted by Crippen LogP contribution is 2.27. The van der Waals surface area contributed by atoms with E-state index in [0.29, 0.717) is 11.1 Å². The molecule has 2 aromatic carbocycles. The Morgan fingerprint density at radius 1 is 1.00 bits per heavy atom. The van der Waals surface area contributed by atoms with Crippen LogP contribution in [-0.2, 0) is 17.4 Å². The van der Waals surface area contributed by atoms with E-state index in [-0.39, 0.29) is 17.8 Å². The molecule has 0 spiro atoms. The Morgan fingerprint density at radius 2 is 1.59 bits per heavy atom. The largest absolute Gasteiger partial charge is 0.272 e. The van der Waals surface area contributed by atoms with E-state index < -0.39 is 31.6 Å². The van der Waals surface area contributed by atoms with E-state index in [2.05, 4.69) is 4.72 Å². The van der Waals surface area contributed by atoms with Crippen LogP contribution in [0, 0.1) is 20.2 Å². The highest BCUT2D eigenvalue weighted by atomic mass is 32.2. The maximum Gasteiger partial charge on any atom is 0.272 e. The van der Waals surface area contributed by atoms with Gasteiger partial charge in [-0.1, -0.05) is 30.3 Å². The second-order valence-electron chi connectivity index (χ2n) is 6.99. The second kappa shape index (κ2) is 8.36. The molecule has 0 saturated carbocycles. The summed E-state index contributed by atoms with van der Waals surface area (Å²) >= 11 is 0. The molecule has 0 aromatic heterocycles. The number of nitro groups is 2. The lowest BCUT2D eigenvalue weighted by Crippen LogP contribution is -2.36. The van der Waals surface area contributed by atoms with Crippen LogP contribution in [0.5, 0.6) is 0 Å². The summed E-state index contributed by atoms with van der Waals surface area (Å²) in [4.78, 5) is 21.2. The van der Waals surface area contributed by atoms with E-state index in [9.17, 15) is 24.4 Å². The van der Waals surface area contributed by atoms with Crippen molar-refractivity contribution in [3.8, 4) is 0 Å². The molecule has 2 aromatic rings. The first-order valence-electron chi connectivity index (χ1n) is 8.24. The average Bonchev–Trinajstić information content (AvgIpc) is 2.60. The first-order valence-corrected chi connectivity index (χ1v) is 9.39. The van der Waals surface area contributed by atoms with E-state index in [1.54, 1.807) is 30.3 Å². The van der Waals surface area contributed by atoms with Gasteiger partial charge < -0.3 is 0 Å². The van der Waals surface area contributed by atoms with Crippen molar-refractivity contribution in [2.75, 3.05) is 0 Å². The Hall–Kier alpha value is -2.65. The first kappa shape index (κ1) is 20.7. The maximum absolute atomic E-state index is 12.6. The molecule has 1 N–H and O–H groups in total. The minimum atomic E-state index is -1.43. The zero-order valence-corrected chi connectivity index (χ0v) is 16.1. The molecule has 2 atom stereocenters. The van der Waals surface area contributed by atoms with Gasteiger partial charge in [-0.2, -0.15) is 0 Å². The van der Waals surface area contributed by atoms with Crippen LogP contribution in [0.15, 0.2) is 48.5 Å². The number of nitrogens with one attached hydrogen (secondary N) is 1. The summed E-state index contributed by atoms with van der Waals surface area (Å²) in [5, 5.41) is 22.2. The summed E-state index contributed by atoms with van der Waals surface area (Å²) in [6, 6.07) is 11.7. The lowest BCUT2D eigenvalue weighted by atomic mass is 9.98. The predicted molar refractivity (Wildman–Crippen MR) is 104 cm³/mol. The molecule has 0 amide bonds. The van der Waals surface area contributed by atoms with Gasteiger partial charge in [-0.3, -0.25) is 20.2 Å². The molecular weight excluding hydrogens is 370 g/mol. The van der Waals surface area contributed by atoms with Crippen molar-refractivity contribution < 1.29 is 14.1 Å². The molecule has 0 aliphatic rings. The number of hydrogen-bond donors (Lipinski definition) is 1. The van der Waals surface area contributed by atoms with Crippen LogP contribution in [0.4, 0.5) is 11.4 Å². The summed E-state index contributed by atoms with van der Waals surface area (Å²) in [5.74, 6) is 0. The third kappa shape index (κ3) is 5.41. The van der Waals surface area contributed by atoms with Crippen LogP contribution in [-0.4, -0.2) is 18.8 Å². The van der Waals surface area contributed by atoms with Gasteiger partial charge in [-0.05, 0) is 32.8 Å². The predicted octanol–water partition coefficient (Wildman–Crippen LogP) is 3.84. The number of rotatable bonds is 7. The number of hydrogen-bond acceptors (Lipinski definition) is 5. The highest BCUT2D eigenvalue weighted by molar-refractivity contribution is 7.84. The molecule has 0 fully saturated rings. The molecule has 0 aliphatic heterocycles. The molecule has 2 rings (SSSR count). The van der Waals surface area contributed by atoms with Crippen LogP contribution in [0.2, 0.25) is 0 Å². The van der Waals surface area contributed by atoms with Gasteiger partial charge >= 0.3 is 0 Å². The average molecular weight is 391 g/mol. The number of non-ortho nitro benzene ring substituents is 1. The number of benzene rings is 2. The van der Waals surface area contributed by atoms with Crippen molar-refractivity contribution >= 4 is 22.4 Å². The summed E-state index contributed by atoms with van der Waals surface area (Å²) in [6.07, 6.45) is 0.219. The smallest absolute Gasteiger partial charge is 0.258 e. The molecule has 0 aliphatic carbocycles. The van der Waals surface area contributed by atoms with Crippen molar-refractivity contribution in [1.29, 1.82) is 0 Å². The Kier molecular flexibility index (Phi) is 6.40. The van der Waals surface area contributed by atoms with Crippen molar-refractivity contribution in [3.05, 3.63) is 79.9 Å². The zero-order valence-electron chi connectivity index (χ0n) is 15.2. The van der Waals surface area contributed by atoms with Crippen molar-refractivity contribution in [1.82, 2.24) is 4.72 Å². The fourth-order valence-electron chi connectivity index (χ4n) is 2.44. The molecule has 9 heteroatoms. The van der Waals surface area contributed by atoms with Crippen LogP contribution >= 0.6 is 0 Å². The Labute approximate surface area is 159 Å². The van der Waals surface area contributed by atoms with Crippen molar-refractivity contribution in [3.63, 3.8) is 0 Å². The normalized spacial score (nSPS) is 13.7. The molecule has 144 valence electrons. The van der Waals surface area contributed by atoms with Crippen LogP contribution in [0.25, 0.3) is 0 Å². The van der Waals surface area contributed by atoms with Gasteiger partial charge in [0.25, 0.3) is 11.4 Å². The number of nitrogens with zero attached hydrogens (tertiary/aromatic N) is 2. The zero-order chi connectivity index (χ0) is 20.2. The van der Waals surface area contributed by atoms with E-state index >= 15 is 0 Å². The molecule has 0 heterocycles. The fourth-order valence-corrected chi connectivity index (χ4v) is 3.27. The molecule has 0 bridgehead atoms. The standard InChI is InChI=1S/C18H21N3O5S/c1-18(2,3)27(26)19-16(13-8-10-15(11-9-13)20(22)23)12-14-6-4-5-7-17(14)21(24)25/h4-11,16,19H,12H2,1-3H3/t16-,27?/m1/s1. The molecule has 8 nitrogen and oxygen atoms in total. The van der Waals surface area contributed by atoms with Gasteiger partial charge in [0.15, 0.2) is 0 Å². The topological polar surface area (TPSA) is 115 Å². The van der Waals surface area contributed by atoms with Crippen LogP contribution < -0.4 is 4.72 Å².